The number of carbonyl (C=O) groups is 1. The minimum atomic E-state index is -0.481. The lowest BCUT2D eigenvalue weighted by molar-refractivity contribution is -0.109. The molecule has 1 saturated heterocycles. The Bertz CT molecular complexity index is 1460. The number of rotatable bonds is 8. The van der Waals surface area contributed by atoms with Crippen LogP contribution in [0.15, 0.2) is 91.1 Å². The van der Waals surface area contributed by atoms with E-state index in [-0.39, 0.29) is 0 Å². The van der Waals surface area contributed by atoms with Crippen molar-refractivity contribution < 1.29 is 9.53 Å². The summed E-state index contributed by atoms with van der Waals surface area (Å²) in [7, 11) is 0. The number of benzene rings is 3. The van der Waals surface area contributed by atoms with Crippen molar-refractivity contribution >= 4 is 35.4 Å². The molecule has 4 aromatic rings. The number of aldehydes is 1. The molecule has 0 bridgehead atoms. The first-order valence-electron chi connectivity index (χ1n) is 13.4. The van der Waals surface area contributed by atoms with Gasteiger partial charge in [0, 0.05) is 23.0 Å². The smallest absolute Gasteiger partial charge is 0.146 e. The maximum Gasteiger partial charge on any atom is 0.146 e. The van der Waals surface area contributed by atoms with Crippen molar-refractivity contribution in [3.8, 4) is 11.5 Å². The third-order valence-electron chi connectivity index (χ3n) is 7.15. The largest absolute Gasteiger partial charge is 0.457 e. The van der Waals surface area contributed by atoms with Crippen molar-refractivity contribution in [1.29, 1.82) is 0 Å². The molecule has 7 nitrogen and oxygen atoms in total. The van der Waals surface area contributed by atoms with Gasteiger partial charge in [-0.3, -0.25) is 0 Å². The molecule has 0 aliphatic carbocycles. The van der Waals surface area contributed by atoms with E-state index in [1.165, 1.54) is 5.56 Å². The Morgan fingerprint density at radius 3 is 2.44 bits per heavy atom. The van der Waals surface area contributed by atoms with Gasteiger partial charge in [0.2, 0.25) is 0 Å². The first-order valence-corrected chi connectivity index (χ1v) is 13.4. The molecule has 196 valence electrons. The van der Waals surface area contributed by atoms with Gasteiger partial charge in [0.1, 0.15) is 35.5 Å². The minimum Gasteiger partial charge on any atom is -0.457 e. The van der Waals surface area contributed by atoms with E-state index >= 15 is 0 Å². The minimum absolute atomic E-state index is 0.481. The first-order chi connectivity index (χ1) is 19.2. The van der Waals surface area contributed by atoms with Crippen LogP contribution in [0.3, 0.4) is 0 Å². The van der Waals surface area contributed by atoms with E-state index in [0.717, 1.165) is 66.2 Å². The summed E-state index contributed by atoms with van der Waals surface area (Å²) in [5.74, 6) is 3.39. The molecule has 2 aliphatic heterocycles. The van der Waals surface area contributed by atoms with Crippen LogP contribution in [-0.4, -0.2) is 24.4 Å². The van der Waals surface area contributed by atoms with Crippen molar-refractivity contribution in [1.82, 2.24) is 15.6 Å². The fraction of sp³-hybridized carbons (Fsp3) is 0.188. The highest BCUT2D eigenvalue weighted by Gasteiger charge is 2.23. The number of nitrogens with one attached hydrogen (secondary N) is 4. The molecule has 0 amide bonds. The second kappa shape index (κ2) is 11.4. The molecule has 39 heavy (non-hydrogen) atoms. The van der Waals surface area contributed by atoms with Crippen LogP contribution in [0, 0.1) is 0 Å². The lowest BCUT2D eigenvalue weighted by Crippen LogP contribution is -2.26. The molecular weight excluding hydrogens is 486 g/mol. The van der Waals surface area contributed by atoms with E-state index in [4.69, 9.17) is 9.72 Å². The van der Waals surface area contributed by atoms with Crippen LogP contribution >= 0.6 is 0 Å². The van der Waals surface area contributed by atoms with Crippen molar-refractivity contribution in [2.75, 3.05) is 23.7 Å². The van der Waals surface area contributed by atoms with E-state index in [0.29, 0.717) is 17.6 Å². The summed E-state index contributed by atoms with van der Waals surface area (Å²) in [6.45, 7) is 2.13. The Hall–Kier alpha value is -4.62. The van der Waals surface area contributed by atoms with Crippen LogP contribution in [0.1, 0.15) is 41.5 Å². The van der Waals surface area contributed by atoms with E-state index in [2.05, 4.69) is 45.5 Å². The molecule has 2 aliphatic rings. The van der Waals surface area contributed by atoms with Crippen LogP contribution in [-0.2, 0) is 4.79 Å². The molecule has 3 heterocycles. The van der Waals surface area contributed by atoms with Gasteiger partial charge in [-0.25, -0.2) is 4.98 Å². The van der Waals surface area contributed by atoms with E-state index in [1.807, 2.05) is 66.7 Å². The van der Waals surface area contributed by atoms with E-state index < -0.39 is 6.04 Å². The first kappa shape index (κ1) is 24.7. The molecule has 0 radical (unpaired) electrons. The molecule has 0 saturated carbocycles. The normalized spacial score (nSPS) is 16.6. The van der Waals surface area contributed by atoms with Gasteiger partial charge in [0.15, 0.2) is 0 Å². The number of para-hydroxylation sites is 1. The zero-order valence-electron chi connectivity index (χ0n) is 21.6. The molecule has 7 heteroatoms. The van der Waals surface area contributed by atoms with Crippen molar-refractivity contribution in [3.05, 3.63) is 108 Å². The van der Waals surface area contributed by atoms with Gasteiger partial charge in [-0.05, 0) is 97.7 Å². The number of pyridine rings is 1. The van der Waals surface area contributed by atoms with Gasteiger partial charge in [-0.15, -0.1) is 0 Å². The molecule has 1 aromatic heterocycles. The quantitative estimate of drug-likeness (QED) is 0.195. The Labute approximate surface area is 228 Å². The summed E-state index contributed by atoms with van der Waals surface area (Å²) in [5, 5.41) is 13.4. The predicted molar refractivity (Wildman–Crippen MR) is 156 cm³/mol. The second-order valence-corrected chi connectivity index (χ2v) is 9.81. The van der Waals surface area contributed by atoms with E-state index in [9.17, 15) is 4.79 Å². The summed E-state index contributed by atoms with van der Waals surface area (Å²) in [5.41, 5.74) is 4.88. The van der Waals surface area contributed by atoms with Crippen LogP contribution in [0.4, 0.5) is 23.0 Å². The molecule has 1 fully saturated rings. The van der Waals surface area contributed by atoms with Crippen LogP contribution in [0.5, 0.6) is 11.5 Å². The number of ether oxygens (including phenoxy) is 1. The highest BCUT2D eigenvalue weighted by Crippen LogP contribution is 2.35. The number of carbonyl (C=O) groups excluding carboxylic acids is 1. The van der Waals surface area contributed by atoms with E-state index in [1.54, 1.807) is 6.20 Å². The summed E-state index contributed by atoms with van der Waals surface area (Å²) in [6.07, 6.45) is 6.99. The van der Waals surface area contributed by atoms with Crippen molar-refractivity contribution in [2.45, 2.75) is 24.8 Å². The fourth-order valence-electron chi connectivity index (χ4n) is 5.17. The van der Waals surface area contributed by atoms with Crippen molar-refractivity contribution in [2.24, 2.45) is 0 Å². The average Bonchev–Trinajstić information content (AvgIpc) is 2.98. The van der Waals surface area contributed by atoms with Gasteiger partial charge in [0.25, 0.3) is 0 Å². The molecule has 1 unspecified atom stereocenters. The maximum absolute atomic E-state index is 11.9. The topological polar surface area (TPSA) is 87.3 Å². The molecule has 6 rings (SSSR count). The van der Waals surface area contributed by atoms with Gasteiger partial charge in [-0.2, -0.15) is 0 Å². The van der Waals surface area contributed by atoms with Crippen LogP contribution in [0.25, 0.3) is 6.08 Å². The summed E-state index contributed by atoms with van der Waals surface area (Å²) >= 11 is 0. The maximum atomic E-state index is 11.9. The molecule has 1 atom stereocenters. The molecule has 0 spiro atoms. The molecule has 3 aromatic carbocycles. The van der Waals surface area contributed by atoms with Crippen LogP contribution in [0.2, 0.25) is 0 Å². The highest BCUT2D eigenvalue weighted by atomic mass is 16.5. The Kier molecular flexibility index (Phi) is 7.23. The zero-order chi connectivity index (χ0) is 26.4. The number of nitrogens with zero attached hydrogens (tertiary/aromatic N) is 1. The summed E-state index contributed by atoms with van der Waals surface area (Å²) < 4.78 is 6.00. The average molecular weight is 518 g/mol. The lowest BCUT2D eigenvalue weighted by atomic mass is 9.90. The Morgan fingerprint density at radius 2 is 1.64 bits per heavy atom. The number of fused-ring (bicyclic) bond motifs is 1. The van der Waals surface area contributed by atoms with Crippen molar-refractivity contribution in [3.63, 3.8) is 0 Å². The summed E-state index contributed by atoms with van der Waals surface area (Å²) in [4.78, 5) is 16.8. The number of anilines is 4. The fourth-order valence-corrected chi connectivity index (χ4v) is 5.17. The van der Waals surface area contributed by atoms with Gasteiger partial charge in [0.05, 0.1) is 0 Å². The third kappa shape index (κ3) is 5.78. The van der Waals surface area contributed by atoms with Gasteiger partial charge in [-0.1, -0.05) is 36.4 Å². The monoisotopic (exact) mass is 517 g/mol. The standard InChI is InChI=1S/C32H31N5O2/c38-21-29-31-24(15-18-34-29)19-30(35-26-5-4-8-28(20-26)39-27-6-2-1-3-7-27)37-32(31)36-25-11-9-22(10-12-25)23-13-16-33-17-14-23/h1-12,15,18-21,23,29,33-34H,13-14,16-17H2,(H2,35,36,37). The summed E-state index contributed by atoms with van der Waals surface area (Å²) in [6, 6.07) is 27.5. The predicted octanol–water partition coefficient (Wildman–Crippen LogP) is 6.64. The number of hydrogen-bond acceptors (Lipinski definition) is 7. The Morgan fingerprint density at radius 1 is 0.846 bits per heavy atom. The van der Waals surface area contributed by atoms with Crippen LogP contribution < -0.4 is 26.0 Å². The molecular formula is C32H31N5O2. The SMILES string of the molecule is O=CC1NC=Cc2cc(Nc3cccc(Oc4ccccc4)c3)nc(Nc3ccc(C4CCNCC4)cc3)c21. The number of aromatic nitrogens is 1. The van der Waals surface area contributed by atoms with Gasteiger partial charge >= 0.3 is 0 Å². The molecule has 4 N–H and O–H groups in total. The number of hydrogen-bond donors (Lipinski definition) is 4. The number of piperidine rings is 1. The Balaban J connectivity index is 1.27. The zero-order valence-corrected chi connectivity index (χ0v) is 21.6. The lowest BCUT2D eigenvalue weighted by Gasteiger charge is -2.24. The van der Waals surface area contributed by atoms with Gasteiger partial charge < -0.3 is 30.8 Å². The highest BCUT2D eigenvalue weighted by molar-refractivity contribution is 5.79. The third-order valence-corrected chi connectivity index (χ3v) is 7.15. The second-order valence-electron chi connectivity index (χ2n) is 9.81.